The fourth-order valence-electron chi connectivity index (χ4n) is 2.92. The Labute approximate surface area is 183 Å². The number of carbonyl (C=O) groups excluding carboxylic acids is 2. The summed E-state index contributed by atoms with van der Waals surface area (Å²) in [6, 6.07) is 18.2. The Hall–Kier alpha value is -3.53. The number of rotatable bonds is 9. The van der Waals surface area contributed by atoms with Crippen LogP contribution in [0.1, 0.15) is 38.3 Å². The largest absolute Gasteiger partial charge is 0.489 e. The van der Waals surface area contributed by atoms with Gasteiger partial charge in [0, 0.05) is 13.0 Å². The lowest BCUT2D eigenvalue weighted by Gasteiger charge is -2.31. The summed E-state index contributed by atoms with van der Waals surface area (Å²) in [6.45, 7) is 5.71. The quantitative estimate of drug-likeness (QED) is 0.660. The van der Waals surface area contributed by atoms with Gasteiger partial charge in [0.1, 0.15) is 24.0 Å². The minimum absolute atomic E-state index is 0.0529. The molecule has 0 bridgehead atoms. The standard InChI is InChI=1S/C24H29N3O4/c1-24(2,3)31-23(29)27(15-7-14-25)21(22(26)28)16-18-10-12-20(13-11-18)30-17-19-8-5-4-6-9-19/h4-6,8-13,21H,7,15-17H2,1-3H3,(H2,26,28)/t21-/m0/s1. The molecule has 2 rings (SSSR count). The van der Waals surface area contributed by atoms with Gasteiger partial charge in [-0.25, -0.2) is 4.79 Å². The van der Waals surface area contributed by atoms with E-state index >= 15 is 0 Å². The molecule has 2 N–H and O–H groups in total. The van der Waals surface area contributed by atoms with Crippen LogP contribution in [0.3, 0.4) is 0 Å². The molecule has 31 heavy (non-hydrogen) atoms. The molecule has 2 aromatic carbocycles. The topological polar surface area (TPSA) is 106 Å². The molecule has 0 unspecified atom stereocenters. The summed E-state index contributed by atoms with van der Waals surface area (Å²) in [5, 5.41) is 8.94. The van der Waals surface area contributed by atoms with Crippen molar-refractivity contribution in [1.82, 2.24) is 4.90 Å². The number of carbonyl (C=O) groups is 2. The van der Waals surface area contributed by atoms with Crippen molar-refractivity contribution in [3.8, 4) is 11.8 Å². The minimum Gasteiger partial charge on any atom is -0.489 e. The van der Waals surface area contributed by atoms with Crippen LogP contribution in [0.4, 0.5) is 4.79 Å². The smallest absolute Gasteiger partial charge is 0.411 e. The molecular weight excluding hydrogens is 394 g/mol. The Bertz CT molecular complexity index is 899. The van der Waals surface area contributed by atoms with Crippen LogP contribution in [-0.4, -0.2) is 35.1 Å². The van der Waals surface area contributed by atoms with Crippen molar-refractivity contribution in [2.45, 2.75) is 51.9 Å². The van der Waals surface area contributed by atoms with E-state index < -0.39 is 23.6 Å². The number of primary amides is 1. The fourth-order valence-corrected chi connectivity index (χ4v) is 2.92. The number of amides is 2. The Morgan fingerprint density at radius 1 is 1.06 bits per heavy atom. The van der Waals surface area contributed by atoms with Crippen molar-refractivity contribution in [3.05, 3.63) is 65.7 Å². The summed E-state index contributed by atoms with van der Waals surface area (Å²) in [5.41, 5.74) is 6.74. The SMILES string of the molecule is CC(C)(C)OC(=O)N(CCC#N)[C@@H](Cc1ccc(OCc2ccccc2)cc1)C(N)=O. The monoisotopic (exact) mass is 423 g/mol. The van der Waals surface area contributed by atoms with E-state index in [2.05, 4.69) is 0 Å². The third kappa shape index (κ3) is 8.01. The van der Waals surface area contributed by atoms with Gasteiger partial charge >= 0.3 is 6.09 Å². The summed E-state index contributed by atoms with van der Waals surface area (Å²) in [7, 11) is 0. The number of ether oxygens (including phenoxy) is 2. The van der Waals surface area contributed by atoms with Crippen LogP contribution in [0.2, 0.25) is 0 Å². The van der Waals surface area contributed by atoms with Gasteiger partial charge in [-0.15, -0.1) is 0 Å². The Balaban J connectivity index is 2.09. The molecule has 0 aromatic heterocycles. The van der Waals surface area contributed by atoms with Crippen LogP contribution >= 0.6 is 0 Å². The molecule has 2 aromatic rings. The Morgan fingerprint density at radius 3 is 2.26 bits per heavy atom. The number of nitrogens with two attached hydrogens (primary N) is 1. The molecule has 0 spiro atoms. The summed E-state index contributed by atoms with van der Waals surface area (Å²) in [5.74, 6) is 0.0323. The zero-order chi connectivity index (χ0) is 22.9. The van der Waals surface area contributed by atoms with E-state index in [4.69, 9.17) is 20.5 Å². The normalized spacial score (nSPS) is 11.8. The van der Waals surface area contributed by atoms with Crippen molar-refractivity contribution in [3.63, 3.8) is 0 Å². The van der Waals surface area contributed by atoms with E-state index in [1.807, 2.05) is 60.7 Å². The maximum Gasteiger partial charge on any atom is 0.411 e. The molecule has 0 fully saturated rings. The molecule has 0 aliphatic heterocycles. The highest BCUT2D eigenvalue weighted by Crippen LogP contribution is 2.19. The highest BCUT2D eigenvalue weighted by Gasteiger charge is 2.31. The van der Waals surface area contributed by atoms with Crippen LogP contribution in [0.15, 0.2) is 54.6 Å². The number of hydrogen-bond acceptors (Lipinski definition) is 5. The van der Waals surface area contributed by atoms with E-state index in [-0.39, 0.29) is 19.4 Å². The Kier molecular flexibility index (Phi) is 8.44. The maximum atomic E-state index is 12.6. The van der Waals surface area contributed by atoms with Crippen LogP contribution in [-0.2, 0) is 22.6 Å². The molecule has 0 aliphatic rings. The lowest BCUT2D eigenvalue weighted by molar-refractivity contribution is -0.123. The van der Waals surface area contributed by atoms with Gasteiger partial charge in [-0.2, -0.15) is 5.26 Å². The molecule has 2 amide bonds. The second-order valence-corrected chi connectivity index (χ2v) is 8.12. The number of nitrogens with zero attached hydrogens (tertiary/aromatic N) is 2. The highest BCUT2D eigenvalue weighted by atomic mass is 16.6. The van der Waals surface area contributed by atoms with E-state index in [1.54, 1.807) is 20.8 Å². The van der Waals surface area contributed by atoms with Gasteiger partial charge in [0.2, 0.25) is 5.91 Å². The first kappa shape index (κ1) is 23.7. The molecule has 7 nitrogen and oxygen atoms in total. The van der Waals surface area contributed by atoms with Gasteiger partial charge in [0.25, 0.3) is 0 Å². The summed E-state index contributed by atoms with van der Waals surface area (Å²) < 4.78 is 11.2. The van der Waals surface area contributed by atoms with Crippen molar-refractivity contribution in [2.24, 2.45) is 5.73 Å². The van der Waals surface area contributed by atoms with Crippen LogP contribution < -0.4 is 10.5 Å². The van der Waals surface area contributed by atoms with Crippen molar-refractivity contribution in [2.75, 3.05) is 6.54 Å². The fraction of sp³-hybridized carbons (Fsp3) is 0.375. The van der Waals surface area contributed by atoms with E-state index in [9.17, 15) is 9.59 Å². The third-order valence-electron chi connectivity index (χ3n) is 4.40. The van der Waals surface area contributed by atoms with Crippen LogP contribution in [0.25, 0.3) is 0 Å². The van der Waals surface area contributed by atoms with Gasteiger partial charge in [-0.05, 0) is 44.0 Å². The number of hydrogen-bond donors (Lipinski definition) is 1. The molecule has 0 saturated heterocycles. The molecule has 1 atom stereocenters. The lowest BCUT2D eigenvalue weighted by atomic mass is 10.0. The minimum atomic E-state index is -0.931. The molecule has 7 heteroatoms. The van der Waals surface area contributed by atoms with E-state index in [0.717, 1.165) is 11.1 Å². The van der Waals surface area contributed by atoms with Gasteiger partial charge in [0.05, 0.1) is 12.5 Å². The number of nitriles is 1. The molecule has 0 radical (unpaired) electrons. The summed E-state index contributed by atoms with van der Waals surface area (Å²) in [6.07, 6.45) is -0.400. The number of benzene rings is 2. The van der Waals surface area contributed by atoms with Gasteiger partial charge in [-0.3, -0.25) is 9.69 Å². The van der Waals surface area contributed by atoms with Crippen LogP contribution in [0, 0.1) is 11.3 Å². The highest BCUT2D eigenvalue weighted by molar-refractivity contribution is 5.84. The van der Waals surface area contributed by atoms with Crippen molar-refractivity contribution in [1.29, 1.82) is 5.26 Å². The van der Waals surface area contributed by atoms with E-state index in [1.165, 1.54) is 4.90 Å². The summed E-state index contributed by atoms with van der Waals surface area (Å²) in [4.78, 5) is 26.0. The maximum absolute atomic E-state index is 12.6. The van der Waals surface area contributed by atoms with Crippen molar-refractivity contribution < 1.29 is 19.1 Å². The Morgan fingerprint density at radius 2 is 1.71 bits per heavy atom. The third-order valence-corrected chi connectivity index (χ3v) is 4.40. The predicted octanol–water partition coefficient (Wildman–Crippen LogP) is 3.81. The van der Waals surface area contributed by atoms with Gasteiger partial charge < -0.3 is 15.2 Å². The zero-order valence-corrected chi connectivity index (χ0v) is 18.2. The summed E-state index contributed by atoms with van der Waals surface area (Å²) >= 11 is 0. The zero-order valence-electron chi connectivity index (χ0n) is 18.2. The van der Waals surface area contributed by atoms with Crippen LogP contribution in [0.5, 0.6) is 5.75 Å². The second-order valence-electron chi connectivity index (χ2n) is 8.12. The first-order chi connectivity index (χ1) is 14.7. The molecule has 0 aliphatic carbocycles. The second kappa shape index (κ2) is 11.0. The lowest BCUT2D eigenvalue weighted by Crippen LogP contribution is -2.51. The molecule has 0 heterocycles. The molecule has 0 saturated carbocycles. The van der Waals surface area contributed by atoms with Crippen molar-refractivity contribution >= 4 is 12.0 Å². The average Bonchev–Trinajstić information content (AvgIpc) is 2.72. The molecular formula is C24H29N3O4. The van der Waals surface area contributed by atoms with Gasteiger partial charge in [-0.1, -0.05) is 42.5 Å². The van der Waals surface area contributed by atoms with Gasteiger partial charge in [0.15, 0.2) is 0 Å². The molecule has 164 valence electrons. The average molecular weight is 424 g/mol. The predicted molar refractivity (Wildman–Crippen MR) is 117 cm³/mol. The first-order valence-electron chi connectivity index (χ1n) is 10.1. The van der Waals surface area contributed by atoms with E-state index in [0.29, 0.717) is 12.4 Å². The first-order valence-corrected chi connectivity index (χ1v) is 10.1.